The van der Waals surface area contributed by atoms with Gasteiger partial charge in [0.2, 0.25) is 0 Å². The summed E-state index contributed by atoms with van der Waals surface area (Å²) in [4.78, 5) is 26.0. The molecule has 0 spiro atoms. The molecule has 1 aromatic heterocycles. The number of aldehydes is 1. The molecule has 1 N–H and O–H groups in total. The van der Waals surface area contributed by atoms with E-state index in [4.69, 9.17) is 4.74 Å². The highest BCUT2D eigenvalue weighted by Gasteiger charge is 2.21. The van der Waals surface area contributed by atoms with Crippen LogP contribution in [-0.4, -0.2) is 24.2 Å². The van der Waals surface area contributed by atoms with Gasteiger partial charge in [-0.2, -0.15) is 0 Å². The molecular weight excluding hydrogens is 242 g/mol. The number of rotatable bonds is 4. The van der Waals surface area contributed by atoms with Gasteiger partial charge in [-0.15, -0.1) is 0 Å². The van der Waals surface area contributed by atoms with Crippen LogP contribution in [0, 0.1) is 6.92 Å². The quantitative estimate of drug-likeness (QED) is 0.676. The number of H-pyrrole nitrogens is 1. The fourth-order valence-corrected chi connectivity index (χ4v) is 2.31. The summed E-state index contributed by atoms with van der Waals surface area (Å²) < 4.78 is 5.30. The number of carbonyl (C=O) groups excluding carboxylic acids is 2. The van der Waals surface area contributed by atoms with Gasteiger partial charge in [0.15, 0.2) is 12.1 Å². The van der Waals surface area contributed by atoms with Gasteiger partial charge in [-0.3, -0.25) is 9.59 Å². The maximum Gasteiger partial charge on any atom is 0.166 e. The molecule has 1 aromatic carbocycles. The predicted molar refractivity (Wildman–Crippen MR) is 72.9 cm³/mol. The number of para-hydroxylation sites is 1. The molecule has 4 heteroatoms. The van der Waals surface area contributed by atoms with E-state index >= 15 is 0 Å². The van der Waals surface area contributed by atoms with Gasteiger partial charge in [0.05, 0.1) is 12.8 Å². The summed E-state index contributed by atoms with van der Waals surface area (Å²) in [6.45, 7) is 3.27. The van der Waals surface area contributed by atoms with Crippen molar-refractivity contribution in [3.05, 3.63) is 41.2 Å². The van der Waals surface area contributed by atoms with E-state index in [1.54, 1.807) is 20.1 Å². The lowest BCUT2D eigenvalue weighted by Gasteiger charge is -2.09. The van der Waals surface area contributed by atoms with Crippen molar-refractivity contribution in [1.82, 2.24) is 4.98 Å². The Hall–Kier alpha value is -2.36. The van der Waals surface area contributed by atoms with Crippen LogP contribution in [0.25, 0.3) is 11.1 Å². The number of nitrogens with one attached hydrogen (secondary N) is 1. The summed E-state index contributed by atoms with van der Waals surface area (Å²) in [6, 6.07) is 7.33. The Balaban J connectivity index is 2.80. The first-order chi connectivity index (χ1) is 9.10. The van der Waals surface area contributed by atoms with Crippen LogP contribution in [0.15, 0.2) is 24.3 Å². The van der Waals surface area contributed by atoms with Crippen molar-refractivity contribution in [2.24, 2.45) is 0 Å². The summed E-state index contributed by atoms with van der Waals surface area (Å²) >= 11 is 0. The molecule has 0 fully saturated rings. The Morgan fingerprint density at radius 1 is 1.32 bits per heavy atom. The Morgan fingerprint density at radius 2 is 2.00 bits per heavy atom. The lowest BCUT2D eigenvalue weighted by Crippen LogP contribution is -1.97. The number of hydrogen-bond acceptors (Lipinski definition) is 3. The van der Waals surface area contributed by atoms with E-state index in [2.05, 4.69) is 4.98 Å². The number of benzene rings is 1. The summed E-state index contributed by atoms with van der Waals surface area (Å²) in [7, 11) is 1.56. The van der Waals surface area contributed by atoms with Crippen LogP contribution in [-0.2, 0) is 0 Å². The SMILES string of the molecule is COc1ccccc1-c1c(C=O)[nH]c(C)c1C(C)=O. The number of ketones is 1. The maximum absolute atomic E-state index is 11.8. The standard InChI is InChI=1S/C15H15NO3/c1-9-14(10(2)18)15(12(8-17)16-9)11-6-4-5-7-13(11)19-3/h4-8,16H,1-3H3. The van der Waals surface area contributed by atoms with E-state index in [9.17, 15) is 9.59 Å². The molecule has 1 heterocycles. The number of methoxy groups -OCH3 is 1. The molecule has 4 nitrogen and oxygen atoms in total. The first kappa shape index (κ1) is 13.1. The molecule has 0 aliphatic rings. The third-order valence-corrected chi connectivity index (χ3v) is 3.06. The molecule has 0 saturated carbocycles. The maximum atomic E-state index is 11.8. The fourth-order valence-electron chi connectivity index (χ4n) is 2.31. The molecule has 0 amide bonds. The number of ether oxygens (including phenoxy) is 1. The second kappa shape index (κ2) is 5.10. The van der Waals surface area contributed by atoms with E-state index in [0.29, 0.717) is 28.3 Å². The molecular formula is C15H15NO3. The third-order valence-electron chi connectivity index (χ3n) is 3.06. The molecule has 2 rings (SSSR count). The van der Waals surface area contributed by atoms with Crippen molar-refractivity contribution < 1.29 is 14.3 Å². The van der Waals surface area contributed by atoms with E-state index in [1.165, 1.54) is 6.92 Å². The van der Waals surface area contributed by atoms with Crippen LogP contribution >= 0.6 is 0 Å². The van der Waals surface area contributed by atoms with Gasteiger partial charge in [0.25, 0.3) is 0 Å². The molecule has 0 atom stereocenters. The Bertz CT molecular complexity index is 641. The van der Waals surface area contributed by atoms with Crippen LogP contribution in [0.5, 0.6) is 5.75 Å². The van der Waals surface area contributed by atoms with Crippen molar-refractivity contribution in [2.45, 2.75) is 13.8 Å². The zero-order valence-corrected chi connectivity index (χ0v) is 11.1. The second-order valence-corrected chi connectivity index (χ2v) is 4.29. The fraction of sp³-hybridized carbons (Fsp3) is 0.200. The van der Waals surface area contributed by atoms with Crippen LogP contribution in [0.3, 0.4) is 0 Å². The van der Waals surface area contributed by atoms with E-state index < -0.39 is 0 Å². The van der Waals surface area contributed by atoms with Gasteiger partial charge in [0, 0.05) is 22.4 Å². The van der Waals surface area contributed by atoms with E-state index in [0.717, 1.165) is 11.8 Å². The Morgan fingerprint density at radius 3 is 2.58 bits per heavy atom. The van der Waals surface area contributed by atoms with Gasteiger partial charge < -0.3 is 9.72 Å². The van der Waals surface area contributed by atoms with Crippen LogP contribution in [0.2, 0.25) is 0 Å². The van der Waals surface area contributed by atoms with Gasteiger partial charge in [-0.05, 0) is 19.9 Å². The first-order valence-corrected chi connectivity index (χ1v) is 5.92. The second-order valence-electron chi connectivity index (χ2n) is 4.29. The minimum Gasteiger partial charge on any atom is -0.496 e. The lowest BCUT2D eigenvalue weighted by molar-refractivity contribution is 0.101. The smallest absolute Gasteiger partial charge is 0.166 e. The molecule has 0 saturated heterocycles. The van der Waals surface area contributed by atoms with E-state index in [1.807, 2.05) is 18.2 Å². The summed E-state index contributed by atoms with van der Waals surface area (Å²) in [6.07, 6.45) is 0.723. The molecule has 2 aromatic rings. The molecule has 0 radical (unpaired) electrons. The molecule has 0 bridgehead atoms. The minimum absolute atomic E-state index is 0.0808. The lowest BCUT2D eigenvalue weighted by atomic mass is 9.97. The molecule has 98 valence electrons. The average Bonchev–Trinajstić information content (AvgIpc) is 2.75. The Labute approximate surface area is 111 Å². The van der Waals surface area contributed by atoms with Crippen molar-refractivity contribution >= 4 is 12.1 Å². The third kappa shape index (κ3) is 2.17. The van der Waals surface area contributed by atoms with Crippen molar-refractivity contribution in [3.63, 3.8) is 0 Å². The zero-order valence-electron chi connectivity index (χ0n) is 11.1. The summed E-state index contributed by atoms with van der Waals surface area (Å²) in [5, 5.41) is 0. The number of Topliss-reactive ketones (excluding diaryl/α,β-unsaturated/α-hetero) is 1. The van der Waals surface area contributed by atoms with Crippen molar-refractivity contribution in [2.75, 3.05) is 7.11 Å². The van der Waals surface area contributed by atoms with Crippen LogP contribution in [0.4, 0.5) is 0 Å². The molecule has 0 aliphatic carbocycles. The number of aromatic nitrogens is 1. The number of hydrogen-bond donors (Lipinski definition) is 1. The summed E-state index contributed by atoms with van der Waals surface area (Å²) in [5.41, 5.74) is 2.97. The number of aromatic amines is 1. The topological polar surface area (TPSA) is 59.2 Å². The van der Waals surface area contributed by atoms with Crippen LogP contribution in [0.1, 0.15) is 33.5 Å². The van der Waals surface area contributed by atoms with Crippen molar-refractivity contribution in [3.8, 4) is 16.9 Å². The zero-order chi connectivity index (χ0) is 14.0. The number of aryl methyl sites for hydroxylation is 1. The highest BCUT2D eigenvalue weighted by atomic mass is 16.5. The Kier molecular flexibility index (Phi) is 3.51. The van der Waals surface area contributed by atoms with Crippen molar-refractivity contribution in [1.29, 1.82) is 0 Å². The van der Waals surface area contributed by atoms with E-state index in [-0.39, 0.29) is 5.78 Å². The van der Waals surface area contributed by atoms with Gasteiger partial charge >= 0.3 is 0 Å². The number of carbonyl (C=O) groups is 2. The summed E-state index contributed by atoms with van der Waals surface area (Å²) in [5.74, 6) is 0.551. The molecule has 19 heavy (non-hydrogen) atoms. The first-order valence-electron chi connectivity index (χ1n) is 5.92. The van der Waals surface area contributed by atoms with Crippen LogP contribution < -0.4 is 4.74 Å². The largest absolute Gasteiger partial charge is 0.496 e. The highest BCUT2D eigenvalue weighted by molar-refractivity contribution is 6.06. The van der Waals surface area contributed by atoms with Gasteiger partial charge in [-0.1, -0.05) is 18.2 Å². The van der Waals surface area contributed by atoms with Gasteiger partial charge in [0.1, 0.15) is 5.75 Å². The molecule has 0 unspecified atom stereocenters. The molecule has 0 aliphatic heterocycles. The predicted octanol–water partition coefficient (Wildman–Crippen LogP) is 3.01. The van der Waals surface area contributed by atoms with Gasteiger partial charge in [-0.25, -0.2) is 0 Å². The monoisotopic (exact) mass is 257 g/mol. The minimum atomic E-state index is -0.0808. The average molecular weight is 257 g/mol. The highest BCUT2D eigenvalue weighted by Crippen LogP contribution is 2.35. The normalized spacial score (nSPS) is 10.3.